The van der Waals surface area contributed by atoms with Gasteiger partial charge in [0.25, 0.3) is 6.01 Å². The molecule has 0 saturated heterocycles. The van der Waals surface area contributed by atoms with Gasteiger partial charge in [-0.1, -0.05) is 11.6 Å². The Labute approximate surface area is 67.8 Å². The molecule has 0 amide bonds. The highest BCUT2D eigenvalue weighted by Crippen LogP contribution is 2.20. The van der Waals surface area contributed by atoms with E-state index in [1.807, 2.05) is 0 Å². The molecule has 0 unspecified atom stereocenters. The fraction of sp³-hybridized carbons (Fsp3) is 0. The van der Waals surface area contributed by atoms with Crippen LogP contribution in [0.1, 0.15) is 0 Å². The number of hydrogen-bond acceptors (Lipinski definition) is 3. The van der Waals surface area contributed by atoms with Gasteiger partial charge in [0.15, 0.2) is 5.58 Å². The van der Waals surface area contributed by atoms with Gasteiger partial charge in [0.1, 0.15) is 5.52 Å². The molecule has 0 radical (unpaired) electrons. The molecule has 0 aliphatic rings. The Morgan fingerprint density at radius 2 is 2.27 bits per heavy atom. The van der Waals surface area contributed by atoms with Gasteiger partial charge in [0, 0.05) is 11.1 Å². The molecule has 3 nitrogen and oxygen atoms in total. The molecule has 2 aromatic rings. The van der Waals surface area contributed by atoms with Crippen molar-refractivity contribution in [1.82, 2.24) is 4.98 Å². The van der Waals surface area contributed by atoms with Crippen molar-refractivity contribution in [3.8, 4) is 0 Å². The number of nitrogen functional groups attached to an aromatic ring is 1. The van der Waals surface area contributed by atoms with Crippen molar-refractivity contribution in [1.29, 1.82) is 0 Å². The van der Waals surface area contributed by atoms with E-state index >= 15 is 0 Å². The standard InChI is InChI=1S/C7H5ClN2O/c8-4-1-2-5-6(3-4)11-7(9)10-5/h1-3H,(H2,9,10). The monoisotopic (exact) mass is 168 g/mol. The van der Waals surface area contributed by atoms with Crippen LogP contribution in [-0.2, 0) is 0 Å². The minimum atomic E-state index is 0.169. The molecule has 0 fully saturated rings. The molecule has 2 N–H and O–H groups in total. The van der Waals surface area contributed by atoms with E-state index in [0.29, 0.717) is 10.6 Å². The zero-order chi connectivity index (χ0) is 7.84. The summed E-state index contributed by atoms with van der Waals surface area (Å²) in [6.45, 7) is 0. The van der Waals surface area contributed by atoms with Gasteiger partial charge in [0.05, 0.1) is 0 Å². The summed E-state index contributed by atoms with van der Waals surface area (Å²) in [5, 5.41) is 0.619. The second kappa shape index (κ2) is 2.13. The Hall–Kier alpha value is -1.22. The first-order valence-corrected chi connectivity index (χ1v) is 3.45. The Morgan fingerprint density at radius 3 is 3.09 bits per heavy atom. The van der Waals surface area contributed by atoms with Crippen LogP contribution in [0.5, 0.6) is 0 Å². The average Bonchev–Trinajstić information content (AvgIpc) is 2.27. The molecule has 1 aromatic heterocycles. The van der Waals surface area contributed by atoms with Gasteiger partial charge in [0.2, 0.25) is 0 Å². The number of rotatable bonds is 0. The van der Waals surface area contributed by atoms with Crippen molar-refractivity contribution in [2.45, 2.75) is 0 Å². The van der Waals surface area contributed by atoms with Crippen LogP contribution in [0.15, 0.2) is 22.6 Å². The zero-order valence-electron chi connectivity index (χ0n) is 5.54. The summed E-state index contributed by atoms with van der Waals surface area (Å²) in [5.74, 6) is 0. The lowest BCUT2D eigenvalue weighted by molar-refractivity contribution is 0.626. The molecule has 0 saturated carbocycles. The summed E-state index contributed by atoms with van der Waals surface area (Å²) in [6, 6.07) is 5.35. The summed E-state index contributed by atoms with van der Waals surface area (Å²) in [4.78, 5) is 3.91. The smallest absolute Gasteiger partial charge is 0.292 e. The maximum atomic E-state index is 5.70. The van der Waals surface area contributed by atoms with E-state index in [-0.39, 0.29) is 6.01 Å². The third-order valence-electron chi connectivity index (χ3n) is 1.37. The Morgan fingerprint density at radius 1 is 1.45 bits per heavy atom. The molecule has 0 bridgehead atoms. The van der Waals surface area contributed by atoms with Crippen molar-refractivity contribution in [2.24, 2.45) is 0 Å². The maximum absolute atomic E-state index is 5.70. The fourth-order valence-electron chi connectivity index (χ4n) is 0.916. The molecule has 0 aliphatic heterocycles. The predicted molar refractivity (Wildman–Crippen MR) is 43.4 cm³/mol. The van der Waals surface area contributed by atoms with E-state index in [4.69, 9.17) is 21.8 Å². The normalized spacial score (nSPS) is 10.6. The van der Waals surface area contributed by atoms with Crippen LogP contribution in [0.3, 0.4) is 0 Å². The topological polar surface area (TPSA) is 52.0 Å². The molecule has 0 aliphatic carbocycles. The number of anilines is 1. The van der Waals surface area contributed by atoms with Crippen LogP contribution >= 0.6 is 11.6 Å². The second-order valence-electron chi connectivity index (χ2n) is 2.16. The highest BCUT2D eigenvalue weighted by atomic mass is 35.5. The number of benzene rings is 1. The van der Waals surface area contributed by atoms with Gasteiger partial charge in [-0.25, -0.2) is 0 Å². The minimum absolute atomic E-state index is 0.169. The van der Waals surface area contributed by atoms with Crippen molar-refractivity contribution >= 4 is 28.7 Å². The Bertz CT molecular complexity index is 396. The largest absolute Gasteiger partial charge is 0.424 e. The molecule has 2 rings (SSSR count). The Balaban J connectivity index is 2.82. The zero-order valence-corrected chi connectivity index (χ0v) is 6.30. The molecule has 1 heterocycles. The first-order valence-electron chi connectivity index (χ1n) is 3.07. The van der Waals surface area contributed by atoms with Crippen LogP contribution in [-0.4, -0.2) is 4.98 Å². The first-order chi connectivity index (χ1) is 5.25. The van der Waals surface area contributed by atoms with Gasteiger partial charge in [-0.15, -0.1) is 0 Å². The first kappa shape index (κ1) is 6.49. The number of nitrogens with two attached hydrogens (primary N) is 1. The van der Waals surface area contributed by atoms with Crippen LogP contribution in [0.2, 0.25) is 5.02 Å². The molecule has 4 heteroatoms. The van der Waals surface area contributed by atoms with Crippen LogP contribution in [0.4, 0.5) is 6.01 Å². The highest BCUT2D eigenvalue weighted by molar-refractivity contribution is 6.31. The summed E-state index contributed by atoms with van der Waals surface area (Å²) < 4.78 is 5.03. The Kier molecular flexibility index (Phi) is 1.26. The predicted octanol–water partition coefficient (Wildman–Crippen LogP) is 2.06. The molecule has 0 atom stereocenters. The number of hydrogen-bond donors (Lipinski definition) is 1. The third kappa shape index (κ3) is 1.03. The highest BCUT2D eigenvalue weighted by Gasteiger charge is 2.01. The van der Waals surface area contributed by atoms with E-state index < -0.39 is 0 Å². The molecular formula is C7H5ClN2O. The SMILES string of the molecule is Nc1nc2ccc(Cl)cc2o1. The lowest BCUT2D eigenvalue weighted by Crippen LogP contribution is -1.80. The fourth-order valence-corrected chi connectivity index (χ4v) is 1.08. The quantitative estimate of drug-likeness (QED) is 0.655. The number of halogens is 1. The van der Waals surface area contributed by atoms with Crippen LogP contribution < -0.4 is 5.73 Å². The number of aromatic nitrogens is 1. The van der Waals surface area contributed by atoms with Crippen LogP contribution in [0.25, 0.3) is 11.1 Å². The maximum Gasteiger partial charge on any atom is 0.292 e. The van der Waals surface area contributed by atoms with E-state index in [0.717, 1.165) is 5.52 Å². The summed E-state index contributed by atoms with van der Waals surface area (Å²) in [7, 11) is 0. The minimum Gasteiger partial charge on any atom is -0.424 e. The van der Waals surface area contributed by atoms with Crippen molar-refractivity contribution < 1.29 is 4.42 Å². The summed E-state index contributed by atoms with van der Waals surface area (Å²) in [5.41, 5.74) is 6.67. The van der Waals surface area contributed by atoms with Gasteiger partial charge in [-0.05, 0) is 12.1 Å². The van der Waals surface area contributed by atoms with E-state index in [2.05, 4.69) is 4.98 Å². The molecule has 0 spiro atoms. The molecule has 11 heavy (non-hydrogen) atoms. The van der Waals surface area contributed by atoms with E-state index in [1.165, 1.54) is 0 Å². The van der Waals surface area contributed by atoms with Gasteiger partial charge < -0.3 is 10.2 Å². The second-order valence-corrected chi connectivity index (χ2v) is 2.60. The lowest BCUT2D eigenvalue weighted by atomic mass is 10.3. The molecular weight excluding hydrogens is 164 g/mol. The average molecular weight is 169 g/mol. The van der Waals surface area contributed by atoms with Gasteiger partial charge >= 0.3 is 0 Å². The van der Waals surface area contributed by atoms with Crippen molar-refractivity contribution in [3.63, 3.8) is 0 Å². The van der Waals surface area contributed by atoms with E-state index in [1.54, 1.807) is 18.2 Å². The van der Waals surface area contributed by atoms with Crippen molar-refractivity contribution in [3.05, 3.63) is 23.2 Å². The third-order valence-corrected chi connectivity index (χ3v) is 1.60. The number of fused-ring (bicyclic) bond motifs is 1. The summed E-state index contributed by atoms with van der Waals surface area (Å²) >= 11 is 5.70. The lowest BCUT2D eigenvalue weighted by Gasteiger charge is -1.85. The molecule has 1 aromatic carbocycles. The van der Waals surface area contributed by atoms with Crippen LogP contribution in [0, 0.1) is 0 Å². The van der Waals surface area contributed by atoms with E-state index in [9.17, 15) is 0 Å². The van der Waals surface area contributed by atoms with Crippen molar-refractivity contribution in [2.75, 3.05) is 5.73 Å². The van der Waals surface area contributed by atoms with Gasteiger partial charge in [-0.2, -0.15) is 4.98 Å². The summed E-state index contributed by atoms with van der Waals surface area (Å²) in [6.07, 6.45) is 0. The number of oxazole rings is 1. The van der Waals surface area contributed by atoms with Gasteiger partial charge in [-0.3, -0.25) is 0 Å². The number of nitrogens with zero attached hydrogens (tertiary/aromatic N) is 1. The molecule has 56 valence electrons.